The van der Waals surface area contributed by atoms with Gasteiger partial charge in [0.05, 0.1) is 17.2 Å². The molecule has 3 aliphatic rings. The Kier molecular flexibility index (Phi) is 5.90. The Hall–Kier alpha value is -2.29. The van der Waals surface area contributed by atoms with Crippen molar-refractivity contribution in [1.82, 2.24) is 25.3 Å². The first-order valence-electron chi connectivity index (χ1n) is 10.4. The highest BCUT2D eigenvalue weighted by atomic mass is 35.5. The fourth-order valence-corrected chi connectivity index (χ4v) is 4.65. The van der Waals surface area contributed by atoms with Crippen LogP contribution in [-0.4, -0.2) is 64.5 Å². The molecule has 3 heterocycles. The van der Waals surface area contributed by atoms with Gasteiger partial charge in [0, 0.05) is 31.2 Å². The van der Waals surface area contributed by atoms with E-state index in [4.69, 9.17) is 4.52 Å². The zero-order chi connectivity index (χ0) is 20.0. The third kappa shape index (κ3) is 3.53. The van der Waals surface area contributed by atoms with Gasteiger partial charge in [0.15, 0.2) is 5.82 Å². The van der Waals surface area contributed by atoms with Gasteiger partial charge in [-0.15, -0.1) is 12.4 Å². The van der Waals surface area contributed by atoms with Gasteiger partial charge in [-0.3, -0.25) is 19.4 Å². The van der Waals surface area contributed by atoms with Crippen LogP contribution in [0, 0.1) is 0 Å². The number of piperazine rings is 1. The lowest BCUT2D eigenvalue weighted by molar-refractivity contribution is 0.0549. The van der Waals surface area contributed by atoms with Crippen LogP contribution in [-0.2, 0) is 0 Å². The second kappa shape index (κ2) is 8.45. The molecule has 8 nitrogen and oxygen atoms in total. The maximum Gasteiger partial charge on any atom is 0.261 e. The Bertz CT molecular complexity index is 956. The molecule has 1 aromatic carbocycles. The Morgan fingerprint density at radius 2 is 1.87 bits per heavy atom. The summed E-state index contributed by atoms with van der Waals surface area (Å²) in [5.74, 6) is 0.624. The summed E-state index contributed by atoms with van der Waals surface area (Å²) >= 11 is 0. The first-order valence-corrected chi connectivity index (χ1v) is 10.4. The molecule has 2 fully saturated rings. The maximum absolute atomic E-state index is 13.0. The molecule has 1 aromatic heterocycles. The lowest BCUT2D eigenvalue weighted by Crippen LogP contribution is -2.44. The molecule has 9 heteroatoms. The van der Waals surface area contributed by atoms with E-state index in [2.05, 4.69) is 20.4 Å². The van der Waals surface area contributed by atoms with Crippen molar-refractivity contribution >= 4 is 24.2 Å². The van der Waals surface area contributed by atoms with E-state index in [1.165, 1.54) is 11.3 Å². The second-order valence-corrected chi connectivity index (χ2v) is 8.19. The molecule has 0 bridgehead atoms. The van der Waals surface area contributed by atoms with Gasteiger partial charge in [0.2, 0.25) is 0 Å². The molecular weight excluding hydrogens is 406 g/mol. The van der Waals surface area contributed by atoms with E-state index in [0.29, 0.717) is 28.4 Å². The van der Waals surface area contributed by atoms with Crippen LogP contribution in [0.5, 0.6) is 0 Å². The van der Waals surface area contributed by atoms with Gasteiger partial charge < -0.3 is 9.84 Å². The third-order valence-electron chi connectivity index (χ3n) is 6.36. The summed E-state index contributed by atoms with van der Waals surface area (Å²) in [7, 11) is 2.04. The van der Waals surface area contributed by atoms with Crippen LogP contribution in [0.2, 0.25) is 0 Å². The van der Waals surface area contributed by atoms with Gasteiger partial charge in [-0.1, -0.05) is 24.4 Å². The summed E-state index contributed by atoms with van der Waals surface area (Å²) in [4.78, 5) is 34.1. The van der Waals surface area contributed by atoms with Crippen molar-refractivity contribution in [3.63, 3.8) is 0 Å². The monoisotopic (exact) mass is 431 g/mol. The molecule has 1 saturated heterocycles. The number of nitrogens with one attached hydrogen (secondary N) is 1. The molecule has 2 amide bonds. The Balaban J connectivity index is 0.00000218. The normalized spacial score (nSPS) is 22.8. The first-order chi connectivity index (χ1) is 14.1. The number of rotatable bonds is 3. The SMILES string of the molecule is CN1CCNCC1c1noc(-c2ccc3c(c2)C(=O)N(C2CCCCC2)C3=O)n1.Cl. The zero-order valence-electron chi connectivity index (χ0n) is 17.0. The topological polar surface area (TPSA) is 91.6 Å². The molecule has 1 aliphatic carbocycles. The van der Waals surface area contributed by atoms with Crippen molar-refractivity contribution in [3.8, 4) is 11.5 Å². The van der Waals surface area contributed by atoms with E-state index < -0.39 is 0 Å². The fraction of sp³-hybridized carbons (Fsp3) is 0.524. The quantitative estimate of drug-likeness (QED) is 0.747. The van der Waals surface area contributed by atoms with E-state index in [-0.39, 0.29) is 36.3 Å². The minimum absolute atomic E-state index is 0. The Labute approximate surface area is 181 Å². The molecule has 160 valence electrons. The summed E-state index contributed by atoms with van der Waals surface area (Å²) in [6.45, 7) is 2.63. The predicted octanol–water partition coefficient (Wildman–Crippen LogP) is 2.66. The highest BCUT2D eigenvalue weighted by molar-refractivity contribution is 6.22. The molecule has 0 radical (unpaired) electrons. The van der Waals surface area contributed by atoms with Gasteiger partial charge >= 0.3 is 0 Å². The van der Waals surface area contributed by atoms with Crippen LogP contribution in [0.15, 0.2) is 22.7 Å². The smallest absolute Gasteiger partial charge is 0.261 e. The number of halogens is 1. The number of nitrogens with zero attached hydrogens (tertiary/aromatic N) is 4. The van der Waals surface area contributed by atoms with Gasteiger partial charge in [-0.2, -0.15) is 4.98 Å². The number of likely N-dealkylation sites (N-methyl/N-ethyl adjacent to an activating group) is 1. The van der Waals surface area contributed by atoms with E-state index in [9.17, 15) is 9.59 Å². The molecule has 1 saturated carbocycles. The van der Waals surface area contributed by atoms with Gasteiger partial charge in [-0.25, -0.2) is 0 Å². The molecule has 30 heavy (non-hydrogen) atoms. The molecule has 1 atom stereocenters. The van der Waals surface area contributed by atoms with Crippen LogP contribution in [0.3, 0.4) is 0 Å². The van der Waals surface area contributed by atoms with Crippen LogP contribution in [0.25, 0.3) is 11.5 Å². The molecule has 1 N–H and O–H groups in total. The molecule has 0 spiro atoms. The Morgan fingerprint density at radius 1 is 1.10 bits per heavy atom. The third-order valence-corrected chi connectivity index (χ3v) is 6.36. The second-order valence-electron chi connectivity index (χ2n) is 8.19. The van der Waals surface area contributed by atoms with Crippen LogP contribution in [0.4, 0.5) is 0 Å². The fourth-order valence-electron chi connectivity index (χ4n) is 4.65. The first kappa shape index (κ1) is 21.0. The number of hydrogen-bond donors (Lipinski definition) is 1. The van der Waals surface area contributed by atoms with E-state index >= 15 is 0 Å². The summed E-state index contributed by atoms with van der Waals surface area (Å²) in [6, 6.07) is 5.29. The number of aromatic nitrogens is 2. The number of carbonyl (C=O) groups is 2. The number of benzene rings is 1. The summed E-state index contributed by atoms with van der Waals surface area (Å²) in [5, 5.41) is 7.49. The number of imide groups is 1. The van der Waals surface area contributed by atoms with Crippen LogP contribution in [0.1, 0.15) is 64.7 Å². The maximum atomic E-state index is 13.0. The van der Waals surface area contributed by atoms with Crippen molar-refractivity contribution in [2.45, 2.75) is 44.2 Å². The average molecular weight is 432 g/mol. The Morgan fingerprint density at radius 3 is 2.63 bits per heavy atom. The average Bonchev–Trinajstić information content (AvgIpc) is 3.33. The zero-order valence-corrected chi connectivity index (χ0v) is 17.8. The van der Waals surface area contributed by atoms with E-state index in [1.807, 2.05) is 7.05 Å². The van der Waals surface area contributed by atoms with Crippen molar-refractivity contribution in [2.75, 3.05) is 26.7 Å². The summed E-state index contributed by atoms with van der Waals surface area (Å²) in [6.07, 6.45) is 5.11. The molecule has 2 aromatic rings. The van der Waals surface area contributed by atoms with Crippen molar-refractivity contribution in [1.29, 1.82) is 0 Å². The number of fused-ring (bicyclic) bond motifs is 1. The molecule has 2 aliphatic heterocycles. The lowest BCUT2D eigenvalue weighted by Gasteiger charge is -2.30. The van der Waals surface area contributed by atoms with Crippen molar-refractivity contribution < 1.29 is 14.1 Å². The summed E-state index contributed by atoms with van der Waals surface area (Å²) < 4.78 is 5.49. The standard InChI is InChI=1S/C21H25N5O3.ClH/c1-25-10-9-22-12-17(25)18-23-19(29-24-18)13-7-8-15-16(11-13)21(28)26(20(15)27)14-5-3-2-4-6-14;/h7-8,11,14,17,22H,2-6,9-10,12H2,1H3;1H. The minimum atomic E-state index is -0.199. The molecule has 5 rings (SSSR count). The summed E-state index contributed by atoms with van der Waals surface area (Å²) in [5.41, 5.74) is 1.58. The predicted molar refractivity (Wildman–Crippen MR) is 113 cm³/mol. The number of carbonyl (C=O) groups excluding carboxylic acids is 2. The largest absolute Gasteiger partial charge is 0.334 e. The highest BCUT2D eigenvalue weighted by Gasteiger charge is 2.40. The van der Waals surface area contributed by atoms with Crippen LogP contribution < -0.4 is 5.32 Å². The van der Waals surface area contributed by atoms with Gasteiger partial charge in [-0.05, 0) is 38.1 Å². The van der Waals surface area contributed by atoms with Crippen LogP contribution >= 0.6 is 12.4 Å². The van der Waals surface area contributed by atoms with Gasteiger partial charge in [0.1, 0.15) is 0 Å². The van der Waals surface area contributed by atoms with E-state index in [0.717, 1.165) is 45.3 Å². The highest BCUT2D eigenvalue weighted by Crippen LogP contribution is 2.33. The molecule has 1 unspecified atom stereocenters. The van der Waals surface area contributed by atoms with Crippen molar-refractivity contribution in [3.05, 3.63) is 35.2 Å². The van der Waals surface area contributed by atoms with Crippen molar-refractivity contribution in [2.24, 2.45) is 0 Å². The number of amides is 2. The van der Waals surface area contributed by atoms with Gasteiger partial charge in [0.25, 0.3) is 17.7 Å². The lowest BCUT2D eigenvalue weighted by atomic mass is 9.94. The van der Waals surface area contributed by atoms with E-state index in [1.54, 1.807) is 18.2 Å². The number of hydrogen-bond acceptors (Lipinski definition) is 7. The molecular formula is C21H26ClN5O3. The minimum Gasteiger partial charge on any atom is -0.334 e.